The SMILES string of the molecule is c1ccc(-c2nc(-c3ccccc3)nc(-c3ccc(-c4oc5c6c(cc7ccccc75)-c5ccccc5-c5ccccc5-c46)c4ccccc34)n2)cc1. The van der Waals surface area contributed by atoms with Crippen molar-refractivity contribution in [2.45, 2.75) is 0 Å². The van der Waals surface area contributed by atoms with Crippen molar-refractivity contribution in [2.24, 2.45) is 0 Å². The number of furan rings is 1. The maximum Gasteiger partial charge on any atom is 0.164 e. The smallest absolute Gasteiger partial charge is 0.164 e. The van der Waals surface area contributed by atoms with E-state index in [9.17, 15) is 0 Å². The molecule has 0 unspecified atom stereocenters. The Hall–Kier alpha value is -7.17. The zero-order chi connectivity index (χ0) is 34.9. The van der Waals surface area contributed by atoms with Crippen molar-refractivity contribution in [1.29, 1.82) is 0 Å². The van der Waals surface area contributed by atoms with Crippen LogP contribution >= 0.6 is 0 Å². The summed E-state index contributed by atoms with van der Waals surface area (Å²) in [5.41, 5.74) is 11.8. The molecule has 11 rings (SSSR count). The van der Waals surface area contributed by atoms with Crippen molar-refractivity contribution in [3.05, 3.63) is 176 Å². The Morgan fingerprint density at radius 3 is 1.47 bits per heavy atom. The summed E-state index contributed by atoms with van der Waals surface area (Å²) in [6, 6.07) is 61.4. The first-order chi connectivity index (χ1) is 26.3. The van der Waals surface area contributed by atoms with Crippen LogP contribution in [-0.2, 0) is 0 Å². The number of benzene rings is 8. The molecule has 1 aliphatic rings. The van der Waals surface area contributed by atoms with E-state index in [1.165, 1.54) is 22.3 Å². The molecule has 0 fully saturated rings. The molecule has 0 atom stereocenters. The van der Waals surface area contributed by atoms with Crippen LogP contribution in [0.3, 0.4) is 0 Å². The molecule has 0 amide bonds. The fourth-order valence-corrected chi connectivity index (χ4v) is 8.10. The van der Waals surface area contributed by atoms with Gasteiger partial charge in [-0.2, -0.15) is 0 Å². The van der Waals surface area contributed by atoms with E-state index in [2.05, 4.69) is 115 Å². The van der Waals surface area contributed by atoms with Gasteiger partial charge in [0.05, 0.1) is 0 Å². The topological polar surface area (TPSA) is 51.8 Å². The summed E-state index contributed by atoms with van der Waals surface area (Å²) in [6.45, 7) is 0. The van der Waals surface area contributed by atoms with E-state index < -0.39 is 0 Å². The summed E-state index contributed by atoms with van der Waals surface area (Å²) in [5.74, 6) is 2.75. The third-order valence-corrected chi connectivity index (χ3v) is 10.5. The molecule has 8 aromatic carbocycles. The van der Waals surface area contributed by atoms with Crippen molar-refractivity contribution in [3.8, 4) is 78.9 Å². The van der Waals surface area contributed by atoms with Crippen LogP contribution < -0.4 is 0 Å². The highest BCUT2D eigenvalue weighted by Gasteiger charge is 2.29. The van der Waals surface area contributed by atoms with Gasteiger partial charge in [-0.05, 0) is 62.2 Å². The highest BCUT2D eigenvalue weighted by atomic mass is 16.3. The molecule has 10 aromatic rings. The molecule has 0 aliphatic heterocycles. The highest BCUT2D eigenvalue weighted by Crippen LogP contribution is 2.54. The number of hydrogen-bond donors (Lipinski definition) is 0. The normalized spacial score (nSPS) is 11.8. The second-order valence-corrected chi connectivity index (χ2v) is 13.5. The number of hydrogen-bond acceptors (Lipinski definition) is 4. The lowest BCUT2D eigenvalue weighted by molar-refractivity contribution is 0.636. The van der Waals surface area contributed by atoms with E-state index in [-0.39, 0.29) is 0 Å². The average molecular weight is 676 g/mol. The van der Waals surface area contributed by atoms with Gasteiger partial charge in [0.25, 0.3) is 0 Å². The minimum atomic E-state index is 0.622. The monoisotopic (exact) mass is 675 g/mol. The first-order valence-electron chi connectivity index (χ1n) is 17.9. The van der Waals surface area contributed by atoms with Gasteiger partial charge in [0.2, 0.25) is 0 Å². The van der Waals surface area contributed by atoms with Gasteiger partial charge in [-0.25, -0.2) is 15.0 Å². The maximum absolute atomic E-state index is 7.20. The molecular weight excluding hydrogens is 647 g/mol. The molecule has 2 aromatic heterocycles. The minimum Gasteiger partial charge on any atom is -0.455 e. The molecule has 4 heteroatoms. The van der Waals surface area contributed by atoms with E-state index >= 15 is 0 Å². The van der Waals surface area contributed by atoms with Crippen LogP contribution in [0.5, 0.6) is 0 Å². The molecule has 1 aliphatic carbocycles. The molecule has 53 heavy (non-hydrogen) atoms. The first kappa shape index (κ1) is 29.5. The van der Waals surface area contributed by atoms with Crippen molar-refractivity contribution in [1.82, 2.24) is 15.0 Å². The summed E-state index contributed by atoms with van der Waals surface area (Å²) in [5, 5.41) is 5.50. The van der Waals surface area contributed by atoms with Crippen LogP contribution in [0.2, 0.25) is 0 Å². The fraction of sp³-hybridized carbons (Fsp3) is 0. The van der Waals surface area contributed by atoms with Gasteiger partial charge in [0, 0.05) is 38.6 Å². The highest BCUT2D eigenvalue weighted by molar-refractivity contribution is 6.23. The molecular formula is C49H29N3O. The molecule has 0 radical (unpaired) electrons. The zero-order valence-electron chi connectivity index (χ0n) is 28.5. The lowest BCUT2D eigenvalue weighted by Crippen LogP contribution is -2.00. The maximum atomic E-state index is 7.20. The lowest BCUT2D eigenvalue weighted by atomic mass is 9.91. The molecule has 2 heterocycles. The van der Waals surface area contributed by atoms with Crippen molar-refractivity contribution >= 4 is 32.5 Å². The first-order valence-corrected chi connectivity index (χ1v) is 17.9. The van der Waals surface area contributed by atoms with Gasteiger partial charge in [0.1, 0.15) is 11.3 Å². The summed E-state index contributed by atoms with van der Waals surface area (Å²) < 4.78 is 7.20. The van der Waals surface area contributed by atoms with Crippen LogP contribution in [0.1, 0.15) is 0 Å². The third-order valence-electron chi connectivity index (χ3n) is 10.5. The van der Waals surface area contributed by atoms with Crippen LogP contribution in [0, 0.1) is 0 Å². The summed E-state index contributed by atoms with van der Waals surface area (Å²) in [4.78, 5) is 15.1. The molecule has 0 N–H and O–H groups in total. The Morgan fingerprint density at radius 1 is 0.340 bits per heavy atom. The van der Waals surface area contributed by atoms with Crippen molar-refractivity contribution in [2.75, 3.05) is 0 Å². The third kappa shape index (κ3) is 4.59. The van der Waals surface area contributed by atoms with Crippen molar-refractivity contribution < 1.29 is 4.42 Å². The van der Waals surface area contributed by atoms with E-state index in [4.69, 9.17) is 19.4 Å². The number of rotatable bonds is 4. The summed E-state index contributed by atoms with van der Waals surface area (Å²) >= 11 is 0. The molecule has 0 bridgehead atoms. The predicted octanol–water partition coefficient (Wildman–Crippen LogP) is 12.9. The van der Waals surface area contributed by atoms with Gasteiger partial charge in [-0.15, -0.1) is 0 Å². The zero-order valence-corrected chi connectivity index (χ0v) is 28.5. The van der Waals surface area contributed by atoms with Crippen LogP contribution in [0.4, 0.5) is 0 Å². The number of fused-ring (bicyclic) bond motifs is 8. The average Bonchev–Trinajstić information content (AvgIpc) is 3.59. The quantitative estimate of drug-likeness (QED) is 0.186. The Kier molecular flexibility index (Phi) is 6.52. The number of aromatic nitrogens is 3. The Balaban J connectivity index is 1.21. The Bertz CT molecular complexity index is 3000. The van der Waals surface area contributed by atoms with E-state index in [1.807, 2.05) is 60.7 Å². The second kappa shape index (κ2) is 11.7. The van der Waals surface area contributed by atoms with Crippen LogP contribution in [0.25, 0.3) is 111 Å². The molecule has 4 nitrogen and oxygen atoms in total. The van der Waals surface area contributed by atoms with Gasteiger partial charge in [-0.1, -0.05) is 158 Å². The summed E-state index contributed by atoms with van der Waals surface area (Å²) in [7, 11) is 0. The molecule has 0 saturated heterocycles. The van der Waals surface area contributed by atoms with E-state index in [0.29, 0.717) is 17.5 Å². The molecule has 0 spiro atoms. The second-order valence-electron chi connectivity index (χ2n) is 13.5. The van der Waals surface area contributed by atoms with Gasteiger partial charge < -0.3 is 4.42 Å². The minimum absolute atomic E-state index is 0.622. The fourth-order valence-electron chi connectivity index (χ4n) is 8.10. The summed E-state index contributed by atoms with van der Waals surface area (Å²) in [6.07, 6.45) is 0. The van der Waals surface area contributed by atoms with Crippen LogP contribution in [-0.4, -0.2) is 15.0 Å². The number of nitrogens with zero attached hydrogens (tertiary/aromatic N) is 3. The Labute approximate surface area is 305 Å². The van der Waals surface area contributed by atoms with Gasteiger partial charge in [0.15, 0.2) is 17.5 Å². The van der Waals surface area contributed by atoms with E-state index in [1.54, 1.807) is 0 Å². The van der Waals surface area contributed by atoms with E-state index in [0.717, 1.165) is 71.7 Å². The van der Waals surface area contributed by atoms with Gasteiger partial charge in [-0.3, -0.25) is 0 Å². The molecule has 0 saturated carbocycles. The Morgan fingerprint density at radius 2 is 0.811 bits per heavy atom. The van der Waals surface area contributed by atoms with Crippen molar-refractivity contribution in [3.63, 3.8) is 0 Å². The largest absolute Gasteiger partial charge is 0.455 e. The predicted molar refractivity (Wildman–Crippen MR) is 216 cm³/mol. The lowest BCUT2D eigenvalue weighted by Gasteiger charge is -2.14. The van der Waals surface area contributed by atoms with Gasteiger partial charge >= 0.3 is 0 Å². The van der Waals surface area contributed by atoms with Crippen LogP contribution in [0.15, 0.2) is 180 Å². The molecule has 246 valence electrons. The standard InChI is InChI=1S/C49H29N3O/c1-3-15-30(16-4-1)47-50-48(31-17-5-2-6-18-31)52-49(51-47)41-28-27-40(36-23-10-11-24-37(36)41)46-43-39-26-14-13-22-35(39)34-21-9-12-25-38(34)42-29-32-19-7-8-20-33(32)45(53-46)44(42)43/h1-29H.